The van der Waals surface area contributed by atoms with Crippen molar-refractivity contribution in [3.8, 4) is 11.8 Å². The van der Waals surface area contributed by atoms with Crippen LogP contribution in [0.5, 0.6) is 5.75 Å². The molecule has 5 heteroatoms. The van der Waals surface area contributed by atoms with E-state index in [9.17, 15) is 4.79 Å². The fourth-order valence-corrected chi connectivity index (χ4v) is 2.27. The van der Waals surface area contributed by atoms with Crippen molar-refractivity contribution in [1.82, 2.24) is 10.2 Å². The largest absolute Gasteiger partial charge is 0.492 e. The fourth-order valence-electron chi connectivity index (χ4n) is 2.27. The Labute approximate surface area is 142 Å². The van der Waals surface area contributed by atoms with E-state index in [-0.39, 0.29) is 5.91 Å². The molecule has 0 unspecified atom stereocenters. The van der Waals surface area contributed by atoms with E-state index in [0.29, 0.717) is 23.5 Å². The van der Waals surface area contributed by atoms with E-state index in [1.807, 2.05) is 43.4 Å². The van der Waals surface area contributed by atoms with Gasteiger partial charge in [0.15, 0.2) is 0 Å². The SMILES string of the molecule is CNC(=O)c1ccc(CN(C)CCOc2cccc(C#N)c2)cc1. The van der Waals surface area contributed by atoms with Crippen LogP contribution < -0.4 is 10.1 Å². The lowest BCUT2D eigenvalue weighted by molar-refractivity contribution is 0.0963. The molecule has 24 heavy (non-hydrogen) atoms. The third kappa shape index (κ3) is 5.11. The minimum absolute atomic E-state index is 0.0806. The van der Waals surface area contributed by atoms with Gasteiger partial charge < -0.3 is 10.1 Å². The Morgan fingerprint density at radius 3 is 2.67 bits per heavy atom. The predicted molar refractivity (Wildman–Crippen MR) is 92.8 cm³/mol. The molecule has 0 spiro atoms. The van der Waals surface area contributed by atoms with Crippen LogP contribution in [0.25, 0.3) is 0 Å². The topological polar surface area (TPSA) is 65.4 Å². The molecule has 0 aliphatic heterocycles. The highest BCUT2D eigenvalue weighted by atomic mass is 16.5. The highest BCUT2D eigenvalue weighted by Crippen LogP contribution is 2.12. The number of nitrogens with one attached hydrogen (secondary N) is 1. The average molecular weight is 323 g/mol. The van der Waals surface area contributed by atoms with E-state index in [0.717, 1.165) is 18.7 Å². The van der Waals surface area contributed by atoms with Crippen LogP contribution in [0.2, 0.25) is 0 Å². The lowest BCUT2D eigenvalue weighted by atomic mass is 10.1. The lowest BCUT2D eigenvalue weighted by Gasteiger charge is -2.17. The van der Waals surface area contributed by atoms with Gasteiger partial charge in [0, 0.05) is 25.7 Å². The number of nitrogens with zero attached hydrogens (tertiary/aromatic N) is 2. The molecule has 0 atom stereocenters. The number of carbonyl (C=O) groups is 1. The number of hydrogen-bond donors (Lipinski definition) is 1. The zero-order chi connectivity index (χ0) is 17.4. The minimum atomic E-state index is -0.0806. The van der Waals surface area contributed by atoms with Crippen molar-refractivity contribution < 1.29 is 9.53 Å². The number of rotatable bonds is 7. The van der Waals surface area contributed by atoms with Gasteiger partial charge in [0.1, 0.15) is 12.4 Å². The Kier molecular flexibility index (Phi) is 6.35. The second-order valence-corrected chi connectivity index (χ2v) is 5.50. The van der Waals surface area contributed by atoms with Crippen molar-refractivity contribution in [3.63, 3.8) is 0 Å². The summed E-state index contributed by atoms with van der Waals surface area (Å²) in [5.41, 5.74) is 2.39. The van der Waals surface area contributed by atoms with E-state index in [1.54, 1.807) is 19.2 Å². The number of carbonyl (C=O) groups excluding carboxylic acids is 1. The monoisotopic (exact) mass is 323 g/mol. The van der Waals surface area contributed by atoms with Crippen molar-refractivity contribution in [2.75, 3.05) is 27.2 Å². The molecule has 2 aromatic carbocycles. The van der Waals surface area contributed by atoms with Crippen LogP contribution in [0.1, 0.15) is 21.5 Å². The molecule has 2 rings (SSSR count). The van der Waals surface area contributed by atoms with E-state index >= 15 is 0 Å². The van der Waals surface area contributed by atoms with Crippen LogP contribution in [0.15, 0.2) is 48.5 Å². The van der Waals surface area contributed by atoms with Gasteiger partial charge in [-0.25, -0.2) is 0 Å². The maximum absolute atomic E-state index is 11.5. The molecule has 0 saturated carbocycles. The molecule has 5 nitrogen and oxygen atoms in total. The minimum Gasteiger partial charge on any atom is -0.492 e. The molecule has 1 N–H and O–H groups in total. The molecular formula is C19H21N3O2. The van der Waals surface area contributed by atoms with Gasteiger partial charge in [0.25, 0.3) is 5.91 Å². The summed E-state index contributed by atoms with van der Waals surface area (Å²) in [4.78, 5) is 13.7. The molecule has 0 radical (unpaired) electrons. The highest BCUT2D eigenvalue weighted by molar-refractivity contribution is 5.93. The van der Waals surface area contributed by atoms with E-state index in [1.165, 1.54) is 0 Å². The van der Waals surface area contributed by atoms with Gasteiger partial charge in [-0.05, 0) is 42.9 Å². The Bertz CT molecular complexity index is 720. The molecule has 124 valence electrons. The molecule has 0 saturated heterocycles. The Balaban J connectivity index is 1.79. The standard InChI is InChI=1S/C19H21N3O2/c1-21-19(23)17-8-6-15(7-9-17)14-22(2)10-11-24-18-5-3-4-16(12-18)13-20/h3-9,12H,10-11,14H2,1-2H3,(H,21,23). The van der Waals surface area contributed by atoms with Gasteiger partial charge in [-0.3, -0.25) is 9.69 Å². The number of hydrogen-bond acceptors (Lipinski definition) is 4. The number of likely N-dealkylation sites (N-methyl/N-ethyl adjacent to an activating group) is 1. The molecule has 0 fully saturated rings. The van der Waals surface area contributed by atoms with Gasteiger partial charge in [0.2, 0.25) is 0 Å². The quantitative estimate of drug-likeness (QED) is 0.850. The maximum atomic E-state index is 11.5. The Morgan fingerprint density at radius 1 is 1.25 bits per heavy atom. The number of ether oxygens (including phenoxy) is 1. The highest BCUT2D eigenvalue weighted by Gasteiger charge is 2.05. The molecular weight excluding hydrogens is 302 g/mol. The summed E-state index contributed by atoms with van der Waals surface area (Å²) in [5, 5.41) is 11.5. The average Bonchev–Trinajstić information content (AvgIpc) is 2.62. The van der Waals surface area contributed by atoms with Crippen molar-refractivity contribution in [2.24, 2.45) is 0 Å². The molecule has 0 heterocycles. The first-order valence-corrected chi connectivity index (χ1v) is 7.75. The van der Waals surface area contributed by atoms with Crippen LogP contribution in [-0.4, -0.2) is 38.1 Å². The van der Waals surface area contributed by atoms with Gasteiger partial charge in [-0.1, -0.05) is 18.2 Å². The van der Waals surface area contributed by atoms with E-state index in [2.05, 4.69) is 16.3 Å². The second-order valence-electron chi connectivity index (χ2n) is 5.50. The molecule has 2 aromatic rings. The lowest BCUT2D eigenvalue weighted by Crippen LogP contribution is -2.24. The van der Waals surface area contributed by atoms with Crippen LogP contribution >= 0.6 is 0 Å². The van der Waals surface area contributed by atoms with Crippen molar-refractivity contribution in [3.05, 3.63) is 65.2 Å². The summed E-state index contributed by atoms with van der Waals surface area (Å²) in [6, 6.07) is 16.8. The predicted octanol–water partition coefficient (Wildman–Crippen LogP) is 2.43. The first-order valence-electron chi connectivity index (χ1n) is 7.75. The summed E-state index contributed by atoms with van der Waals surface area (Å²) in [6.45, 7) is 2.07. The third-order valence-electron chi connectivity index (χ3n) is 3.60. The summed E-state index contributed by atoms with van der Waals surface area (Å²) < 4.78 is 5.68. The zero-order valence-corrected chi connectivity index (χ0v) is 14.0. The summed E-state index contributed by atoms with van der Waals surface area (Å²) in [6.07, 6.45) is 0. The normalized spacial score (nSPS) is 10.2. The first kappa shape index (κ1) is 17.5. The van der Waals surface area contributed by atoms with E-state index in [4.69, 9.17) is 10.00 Å². The summed E-state index contributed by atoms with van der Waals surface area (Å²) in [7, 11) is 3.64. The first-order chi connectivity index (χ1) is 11.6. The number of amides is 1. The molecule has 0 aliphatic rings. The summed E-state index contributed by atoms with van der Waals surface area (Å²) in [5.74, 6) is 0.625. The smallest absolute Gasteiger partial charge is 0.251 e. The van der Waals surface area contributed by atoms with Crippen molar-refractivity contribution >= 4 is 5.91 Å². The molecule has 0 aromatic heterocycles. The van der Waals surface area contributed by atoms with Gasteiger partial charge in [-0.15, -0.1) is 0 Å². The van der Waals surface area contributed by atoms with E-state index < -0.39 is 0 Å². The number of benzene rings is 2. The molecule has 0 bridgehead atoms. The number of nitriles is 1. The van der Waals surface area contributed by atoms with Crippen molar-refractivity contribution in [1.29, 1.82) is 5.26 Å². The van der Waals surface area contributed by atoms with Crippen molar-refractivity contribution in [2.45, 2.75) is 6.54 Å². The second kappa shape index (κ2) is 8.70. The van der Waals surface area contributed by atoms with Gasteiger partial charge >= 0.3 is 0 Å². The van der Waals surface area contributed by atoms with Crippen LogP contribution in [0.3, 0.4) is 0 Å². The maximum Gasteiger partial charge on any atom is 0.251 e. The Hall–Kier alpha value is -2.84. The molecule has 1 amide bonds. The van der Waals surface area contributed by atoms with Crippen LogP contribution in [0.4, 0.5) is 0 Å². The molecule has 0 aliphatic carbocycles. The third-order valence-corrected chi connectivity index (χ3v) is 3.60. The van der Waals surface area contributed by atoms with Crippen LogP contribution in [-0.2, 0) is 6.54 Å². The fraction of sp³-hybridized carbons (Fsp3) is 0.263. The Morgan fingerprint density at radius 2 is 2.00 bits per heavy atom. The summed E-state index contributed by atoms with van der Waals surface area (Å²) >= 11 is 0. The van der Waals surface area contributed by atoms with Gasteiger partial charge in [0.05, 0.1) is 11.6 Å². The zero-order valence-electron chi connectivity index (χ0n) is 14.0. The van der Waals surface area contributed by atoms with Gasteiger partial charge in [-0.2, -0.15) is 5.26 Å². The van der Waals surface area contributed by atoms with Crippen LogP contribution in [0, 0.1) is 11.3 Å².